The molecule has 3 rings (SSSR count). The number of nitrogen functional groups attached to an aromatic ring is 1. The first-order valence-corrected chi connectivity index (χ1v) is 6.43. The molecular weight excluding hydrogens is 262 g/mol. The van der Waals surface area contributed by atoms with Crippen LogP contribution in [0.15, 0.2) is 48.8 Å². The van der Waals surface area contributed by atoms with E-state index in [9.17, 15) is 5.26 Å². The number of rotatable bonds is 2. The Hall–Kier alpha value is -3.13. The SMILES string of the molecule is Cn1cc(-c2cc(N)nc(-c3ccccc3C#N)c2)cn1. The van der Waals surface area contributed by atoms with Gasteiger partial charge in [-0.05, 0) is 23.8 Å². The Kier molecular flexibility index (Phi) is 3.13. The van der Waals surface area contributed by atoms with Crippen LogP contribution in [0.2, 0.25) is 0 Å². The number of hydrogen-bond donors (Lipinski definition) is 1. The van der Waals surface area contributed by atoms with Crippen molar-refractivity contribution in [1.82, 2.24) is 14.8 Å². The molecule has 3 aromatic rings. The van der Waals surface area contributed by atoms with Crippen LogP contribution in [0.3, 0.4) is 0 Å². The maximum absolute atomic E-state index is 9.22. The number of aromatic nitrogens is 3. The van der Waals surface area contributed by atoms with Gasteiger partial charge in [0.25, 0.3) is 0 Å². The van der Waals surface area contributed by atoms with Crippen LogP contribution >= 0.6 is 0 Å². The second-order valence-electron chi connectivity index (χ2n) is 4.73. The van der Waals surface area contributed by atoms with Crippen LogP contribution in [0.25, 0.3) is 22.4 Å². The maximum Gasteiger partial charge on any atom is 0.124 e. The summed E-state index contributed by atoms with van der Waals surface area (Å²) in [6.45, 7) is 0. The third-order valence-electron chi connectivity index (χ3n) is 3.21. The van der Waals surface area contributed by atoms with Crippen molar-refractivity contribution in [3.63, 3.8) is 0 Å². The zero-order valence-electron chi connectivity index (χ0n) is 11.5. The fraction of sp³-hybridized carbons (Fsp3) is 0.0625. The predicted molar refractivity (Wildman–Crippen MR) is 81.0 cm³/mol. The van der Waals surface area contributed by atoms with Crippen LogP contribution in [0.4, 0.5) is 5.82 Å². The van der Waals surface area contributed by atoms with Crippen molar-refractivity contribution in [3.05, 3.63) is 54.4 Å². The van der Waals surface area contributed by atoms with Gasteiger partial charge in [0.2, 0.25) is 0 Å². The number of nitriles is 1. The Morgan fingerprint density at radius 2 is 2.00 bits per heavy atom. The van der Waals surface area contributed by atoms with Crippen LogP contribution in [-0.4, -0.2) is 14.8 Å². The third kappa shape index (κ3) is 2.47. The zero-order valence-corrected chi connectivity index (χ0v) is 11.5. The summed E-state index contributed by atoms with van der Waals surface area (Å²) < 4.78 is 1.73. The second-order valence-corrected chi connectivity index (χ2v) is 4.73. The monoisotopic (exact) mass is 275 g/mol. The summed E-state index contributed by atoms with van der Waals surface area (Å²) in [5, 5.41) is 13.4. The second kappa shape index (κ2) is 5.10. The smallest absolute Gasteiger partial charge is 0.124 e. The van der Waals surface area contributed by atoms with E-state index in [0.717, 1.165) is 16.7 Å². The highest BCUT2D eigenvalue weighted by Crippen LogP contribution is 2.28. The van der Waals surface area contributed by atoms with E-state index in [-0.39, 0.29) is 0 Å². The van der Waals surface area contributed by atoms with Crippen LogP contribution in [0.5, 0.6) is 0 Å². The summed E-state index contributed by atoms with van der Waals surface area (Å²) in [6, 6.07) is 13.2. The molecule has 0 aliphatic rings. The first-order chi connectivity index (χ1) is 10.2. The molecule has 21 heavy (non-hydrogen) atoms. The Morgan fingerprint density at radius 3 is 2.71 bits per heavy atom. The minimum atomic E-state index is 0.416. The summed E-state index contributed by atoms with van der Waals surface area (Å²) in [4.78, 5) is 4.34. The van der Waals surface area contributed by atoms with Crippen molar-refractivity contribution >= 4 is 5.82 Å². The van der Waals surface area contributed by atoms with E-state index in [1.54, 1.807) is 23.0 Å². The molecule has 0 saturated carbocycles. The van der Waals surface area contributed by atoms with E-state index in [1.807, 2.05) is 37.5 Å². The molecule has 0 fully saturated rings. The Labute approximate surface area is 122 Å². The van der Waals surface area contributed by atoms with E-state index in [1.165, 1.54) is 0 Å². The summed E-state index contributed by atoms with van der Waals surface area (Å²) in [5.41, 5.74) is 9.84. The number of benzene rings is 1. The number of hydrogen-bond acceptors (Lipinski definition) is 4. The molecule has 0 radical (unpaired) electrons. The Balaban J connectivity index is 2.17. The van der Waals surface area contributed by atoms with Gasteiger partial charge < -0.3 is 5.73 Å². The summed E-state index contributed by atoms with van der Waals surface area (Å²) >= 11 is 0. The molecule has 0 aliphatic carbocycles. The lowest BCUT2D eigenvalue weighted by Crippen LogP contribution is -1.95. The molecule has 5 heteroatoms. The molecule has 0 amide bonds. The summed E-state index contributed by atoms with van der Waals surface area (Å²) in [7, 11) is 1.86. The minimum Gasteiger partial charge on any atom is -0.384 e. The molecule has 0 atom stereocenters. The number of anilines is 1. The fourth-order valence-electron chi connectivity index (χ4n) is 2.23. The summed E-state index contributed by atoms with van der Waals surface area (Å²) in [6.07, 6.45) is 3.68. The molecule has 2 heterocycles. The molecular formula is C16H13N5. The van der Waals surface area contributed by atoms with Crippen LogP contribution in [0, 0.1) is 11.3 Å². The third-order valence-corrected chi connectivity index (χ3v) is 3.21. The van der Waals surface area contributed by atoms with E-state index in [0.29, 0.717) is 17.1 Å². The molecule has 1 aromatic carbocycles. The van der Waals surface area contributed by atoms with Gasteiger partial charge in [-0.1, -0.05) is 18.2 Å². The quantitative estimate of drug-likeness (QED) is 0.779. The van der Waals surface area contributed by atoms with E-state index < -0.39 is 0 Å². The zero-order chi connectivity index (χ0) is 14.8. The molecule has 0 spiro atoms. The molecule has 2 aromatic heterocycles. The van der Waals surface area contributed by atoms with Crippen molar-refractivity contribution < 1.29 is 0 Å². The van der Waals surface area contributed by atoms with Gasteiger partial charge in [0.1, 0.15) is 5.82 Å². The maximum atomic E-state index is 9.22. The molecule has 0 unspecified atom stereocenters. The van der Waals surface area contributed by atoms with Gasteiger partial charge >= 0.3 is 0 Å². The molecule has 102 valence electrons. The molecule has 2 N–H and O–H groups in total. The van der Waals surface area contributed by atoms with Gasteiger partial charge in [-0.2, -0.15) is 10.4 Å². The van der Waals surface area contributed by atoms with Gasteiger partial charge in [-0.15, -0.1) is 0 Å². The van der Waals surface area contributed by atoms with Crippen molar-refractivity contribution in [3.8, 4) is 28.5 Å². The normalized spacial score (nSPS) is 10.3. The topological polar surface area (TPSA) is 80.5 Å². The van der Waals surface area contributed by atoms with Crippen LogP contribution in [-0.2, 0) is 7.05 Å². The molecule has 0 saturated heterocycles. The average Bonchev–Trinajstić information content (AvgIpc) is 2.93. The lowest BCUT2D eigenvalue weighted by atomic mass is 10.0. The molecule has 5 nitrogen and oxygen atoms in total. The lowest BCUT2D eigenvalue weighted by molar-refractivity contribution is 0.768. The lowest BCUT2D eigenvalue weighted by Gasteiger charge is -2.07. The first-order valence-electron chi connectivity index (χ1n) is 6.43. The summed E-state index contributed by atoms with van der Waals surface area (Å²) in [5.74, 6) is 0.416. The van der Waals surface area contributed by atoms with Gasteiger partial charge in [0.15, 0.2) is 0 Å². The number of pyridine rings is 1. The highest BCUT2D eigenvalue weighted by Gasteiger charge is 2.09. The van der Waals surface area contributed by atoms with E-state index >= 15 is 0 Å². The van der Waals surface area contributed by atoms with Crippen molar-refractivity contribution in [1.29, 1.82) is 5.26 Å². The predicted octanol–water partition coefficient (Wildman–Crippen LogP) is 2.60. The van der Waals surface area contributed by atoms with Crippen LogP contribution < -0.4 is 5.73 Å². The highest BCUT2D eigenvalue weighted by atomic mass is 15.2. The van der Waals surface area contributed by atoms with Gasteiger partial charge in [0, 0.05) is 24.4 Å². The van der Waals surface area contributed by atoms with Gasteiger partial charge in [0.05, 0.1) is 23.5 Å². The number of nitrogens with two attached hydrogens (primary N) is 1. The standard InChI is InChI=1S/C16H13N5/c1-21-10-13(9-19-21)12-6-15(20-16(18)7-12)14-5-3-2-4-11(14)8-17/h2-7,9-10H,1H3,(H2,18,20). The van der Waals surface area contributed by atoms with E-state index in [2.05, 4.69) is 16.2 Å². The fourth-order valence-corrected chi connectivity index (χ4v) is 2.23. The first kappa shape index (κ1) is 12.9. The van der Waals surface area contributed by atoms with Gasteiger partial charge in [-0.25, -0.2) is 4.98 Å². The van der Waals surface area contributed by atoms with Crippen molar-refractivity contribution in [2.75, 3.05) is 5.73 Å². The molecule has 0 aliphatic heterocycles. The molecule has 0 bridgehead atoms. The highest BCUT2D eigenvalue weighted by molar-refractivity contribution is 5.75. The van der Waals surface area contributed by atoms with E-state index in [4.69, 9.17) is 5.73 Å². The van der Waals surface area contributed by atoms with Gasteiger partial charge in [-0.3, -0.25) is 4.68 Å². The van der Waals surface area contributed by atoms with Crippen molar-refractivity contribution in [2.24, 2.45) is 7.05 Å². The Bertz CT molecular complexity index is 842. The van der Waals surface area contributed by atoms with Crippen LogP contribution in [0.1, 0.15) is 5.56 Å². The minimum absolute atomic E-state index is 0.416. The largest absolute Gasteiger partial charge is 0.384 e. The Morgan fingerprint density at radius 1 is 1.19 bits per heavy atom. The average molecular weight is 275 g/mol. The van der Waals surface area contributed by atoms with Crippen molar-refractivity contribution in [2.45, 2.75) is 0 Å². The number of nitrogens with zero attached hydrogens (tertiary/aromatic N) is 4. The number of aryl methyl sites for hydroxylation is 1.